The van der Waals surface area contributed by atoms with E-state index in [0.29, 0.717) is 19.4 Å². The van der Waals surface area contributed by atoms with Crippen molar-refractivity contribution in [2.75, 3.05) is 6.61 Å². The van der Waals surface area contributed by atoms with Gasteiger partial charge in [0.2, 0.25) is 11.8 Å². The van der Waals surface area contributed by atoms with Gasteiger partial charge in [0.05, 0.1) is 18.8 Å². The zero-order valence-electron chi connectivity index (χ0n) is 12.7. The van der Waals surface area contributed by atoms with Gasteiger partial charge in [0.1, 0.15) is 0 Å². The number of allylic oxidation sites excluding steroid dienone is 2. The van der Waals surface area contributed by atoms with Crippen LogP contribution in [0.4, 0.5) is 0 Å². The Balaban J connectivity index is 1.57. The Morgan fingerprint density at radius 2 is 1.95 bits per heavy atom. The van der Waals surface area contributed by atoms with Crippen LogP contribution in [0.3, 0.4) is 0 Å². The molecular formula is C17H22INO3. The van der Waals surface area contributed by atoms with E-state index in [1.807, 2.05) is 0 Å². The van der Waals surface area contributed by atoms with Crippen molar-refractivity contribution in [2.24, 2.45) is 0 Å². The Bertz CT molecular complexity index is 522. The van der Waals surface area contributed by atoms with Crippen LogP contribution in [-0.4, -0.2) is 39.5 Å². The molecule has 2 fully saturated rings. The van der Waals surface area contributed by atoms with Crippen molar-refractivity contribution in [1.82, 2.24) is 4.90 Å². The highest BCUT2D eigenvalue weighted by Crippen LogP contribution is 2.29. The highest BCUT2D eigenvalue weighted by molar-refractivity contribution is 14.2. The van der Waals surface area contributed by atoms with Crippen LogP contribution in [0.1, 0.15) is 44.9 Å². The molecule has 0 N–H and O–H groups in total. The normalized spacial score (nSPS) is 28.7. The minimum Gasteiger partial charge on any atom is -0.376 e. The molecule has 2 aliphatic heterocycles. The number of ether oxygens (including phenoxy) is 1. The molecule has 2 amide bonds. The van der Waals surface area contributed by atoms with E-state index >= 15 is 0 Å². The first-order valence-corrected chi connectivity index (χ1v) is 10.5. The highest BCUT2D eigenvalue weighted by atomic mass is 127. The van der Waals surface area contributed by atoms with Crippen LogP contribution in [0.5, 0.6) is 0 Å². The molecule has 2 heterocycles. The lowest BCUT2D eigenvalue weighted by Crippen LogP contribution is -2.49. The Kier molecular flexibility index (Phi) is 5.57. The molecule has 0 radical (unpaired) electrons. The predicted octanol–water partition coefficient (Wildman–Crippen LogP) is 3.08. The number of imide groups is 1. The third-order valence-corrected chi connectivity index (χ3v) is 6.06. The number of hydrogen-bond donors (Lipinski definition) is 0. The molecule has 1 aliphatic carbocycles. The van der Waals surface area contributed by atoms with Gasteiger partial charge in [-0.05, 0) is 32.9 Å². The molecule has 1 saturated heterocycles. The van der Waals surface area contributed by atoms with Gasteiger partial charge in [-0.1, -0.05) is 45.7 Å². The summed E-state index contributed by atoms with van der Waals surface area (Å²) >= 11 is 0.130. The number of amides is 2. The first-order valence-electron chi connectivity index (χ1n) is 8.03. The van der Waals surface area contributed by atoms with Gasteiger partial charge >= 0.3 is 0 Å². The van der Waals surface area contributed by atoms with Gasteiger partial charge in [0.25, 0.3) is 0 Å². The standard InChI is InChI=1S/C17H22INO3/c20-16-5-6-17(21)19(16)14-3-1-2-4-15(14)22-12-9-13-7-10-18-11-8-13/h7-8,10-11,14-15H,1-6,9,12H2. The topological polar surface area (TPSA) is 46.6 Å². The van der Waals surface area contributed by atoms with Gasteiger partial charge in [-0.15, -0.1) is 0 Å². The van der Waals surface area contributed by atoms with E-state index in [0.717, 1.165) is 32.1 Å². The molecule has 3 aliphatic rings. The van der Waals surface area contributed by atoms with Crippen LogP contribution in [0.2, 0.25) is 0 Å². The lowest BCUT2D eigenvalue weighted by atomic mass is 9.91. The number of hydrogen-bond acceptors (Lipinski definition) is 3. The van der Waals surface area contributed by atoms with E-state index in [1.165, 1.54) is 10.5 Å². The Labute approximate surface area is 141 Å². The zero-order chi connectivity index (χ0) is 15.4. The van der Waals surface area contributed by atoms with Gasteiger partial charge in [0.15, 0.2) is 0 Å². The fraction of sp³-hybridized carbons (Fsp3) is 0.588. The van der Waals surface area contributed by atoms with Gasteiger partial charge < -0.3 is 4.74 Å². The first kappa shape index (κ1) is 16.1. The van der Waals surface area contributed by atoms with Gasteiger partial charge in [-0.2, -0.15) is 0 Å². The second-order valence-corrected chi connectivity index (χ2v) is 8.11. The van der Waals surface area contributed by atoms with E-state index < -0.39 is 0 Å². The van der Waals surface area contributed by atoms with Crippen molar-refractivity contribution in [3.05, 3.63) is 21.8 Å². The number of likely N-dealkylation sites (tertiary alicyclic amines) is 1. The van der Waals surface area contributed by atoms with Crippen LogP contribution in [0.25, 0.3) is 0 Å². The maximum absolute atomic E-state index is 12.0. The first-order chi connectivity index (χ1) is 10.8. The van der Waals surface area contributed by atoms with Crippen molar-refractivity contribution in [3.63, 3.8) is 0 Å². The van der Waals surface area contributed by atoms with Crippen molar-refractivity contribution < 1.29 is 14.3 Å². The molecular weight excluding hydrogens is 393 g/mol. The lowest BCUT2D eigenvalue weighted by Gasteiger charge is -2.36. The third kappa shape index (κ3) is 3.74. The average Bonchev–Trinajstić information content (AvgIpc) is 2.88. The van der Waals surface area contributed by atoms with Crippen molar-refractivity contribution >= 4 is 36.6 Å². The largest absolute Gasteiger partial charge is 0.376 e. The summed E-state index contributed by atoms with van der Waals surface area (Å²) in [5.74, 6) is -0.0242. The van der Waals surface area contributed by atoms with E-state index in [1.54, 1.807) is 0 Å². The molecule has 0 aromatic heterocycles. The molecule has 0 bridgehead atoms. The fourth-order valence-electron chi connectivity index (χ4n) is 3.36. The fourth-order valence-corrected chi connectivity index (χ4v) is 4.94. The van der Waals surface area contributed by atoms with Gasteiger partial charge in [0, 0.05) is 12.8 Å². The summed E-state index contributed by atoms with van der Waals surface area (Å²) in [4.78, 5) is 25.5. The Hall–Kier alpha value is -0.820. The predicted molar refractivity (Wildman–Crippen MR) is 95.0 cm³/mol. The zero-order valence-corrected chi connectivity index (χ0v) is 14.8. The second-order valence-electron chi connectivity index (χ2n) is 5.95. The highest BCUT2D eigenvalue weighted by Gasteiger charge is 2.40. The van der Waals surface area contributed by atoms with Crippen molar-refractivity contribution in [2.45, 2.75) is 57.1 Å². The molecule has 5 heteroatoms. The number of halogens is 1. The third-order valence-electron chi connectivity index (χ3n) is 4.51. The van der Waals surface area contributed by atoms with Gasteiger partial charge in [-0.3, -0.25) is 14.5 Å². The molecule has 1 saturated carbocycles. The van der Waals surface area contributed by atoms with E-state index in [-0.39, 0.29) is 44.7 Å². The minimum absolute atomic E-state index is 0.0121. The monoisotopic (exact) mass is 415 g/mol. The van der Waals surface area contributed by atoms with E-state index in [4.69, 9.17) is 4.74 Å². The second kappa shape index (κ2) is 7.64. The molecule has 3 rings (SSSR count). The Morgan fingerprint density at radius 1 is 1.18 bits per heavy atom. The molecule has 0 spiro atoms. The summed E-state index contributed by atoms with van der Waals surface area (Å²) < 4.78 is 10.6. The quantitative estimate of drug-likeness (QED) is 0.512. The summed E-state index contributed by atoms with van der Waals surface area (Å²) in [7, 11) is 0. The van der Waals surface area contributed by atoms with Crippen LogP contribution < -0.4 is 0 Å². The number of nitrogens with zero attached hydrogens (tertiary/aromatic N) is 1. The minimum atomic E-state index is -0.0374. The average molecular weight is 415 g/mol. The summed E-state index contributed by atoms with van der Waals surface area (Å²) in [5, 5.41) is 0. The summed E-state index contributed by atoms with van der Waals surface area (Å²) in [6.07, 6.45) is 10.1. The molecule has 22 heavy (non-hydrogen) atoms. The van der Waals surface area contributed by atoms with Crippen molar-refractivity contribution in [3.8, 4) is 0 Å². The van der Waals surface area contributed by atoms with Crippen LogP contribution >= 0.6 is 20.7 Å². The molecule has 4 nitrogen and oxygen atoms in total. The smallest absolute Gasteiger partial charge is 0.230 e. The summed E-state index contributed by atoms with van der Waals surface area (Å²) in [6, 6.07) is -0.0374. The SMILES string of the molecule is O=C1CCC(=O)N1C1CCCCC1OCCC1=CC=IC=C1. The van der Waals surface area contributed by atoms with E-state index in [9.17, 15) is 9.59 Å². The molecule has 2 unspecified atom stereocenters. The van der Waals surface area contributed by atoms with Gasteiger partial charge in [-0.25, -0.2) is 0 Å². The summed E-state index contributed by atoms with van der Waals surface area (Å²) in [5.41, 5.74) is 1.31. The van der Waals surface area contributed by atoms with Crippen LogP contribution in [0, 0.1) is 0 Å². The number of carbonyl (C=O) groups is 2. The molecule has 120 valence electrons. The molecule has 0 aromatic rings. The lowest BCUT2D eigenvalue weighted by molar-refractivity contribution is -0.147. The number of rotatable bonds is 5. The van der Waals surface area contributed by atoms with Crippen LogP contribution in [-0.2, 0) is 14.3 Å². The maximum atomic E-state index is 12.0. The molecule has 0 aromatic carbocycles. The Morgan fingerprint density at radius 3 is 2.68 bits per heavy atom. The van der Waals surface area contributed by atoms with Crippen molar-refractivity contribution in [1.29, 1.82) is 0 Å². The summed E-state index contributed by atoms with van der Waals surface area (Å²) in [6.45, 7) is 0.666. The molecule has 2 atom stereocenters. The maximum Gasteiger partial charge on any atom is 0.230 e. The van der Waals surface area contributed by atoms with Crippen LogP contribution in [0.15, 0.2) is 21.8 Å². The number of carbonyl (C=O) groups excluding carboxylic acids is 2. The van der Waals surface area contributed by atoms with E-state index in [2.05, 4.69) is 20.2 Å².